The van der Waals surface area contributed by atoms with Gasteiger partial charge >= 0.3 is 0 Å². The summed E-state index contributed by atoms with van der Waals surface area (Å²) in [6.07, 6.45) is 0.903. The summed E-state index contributed by atoms with van der Waals surface area (Å²) in [6.45, 7) is 11.4. The number of aromatic nitrogens is 1. The minimum atomic E-state index is -0.183. The molecule has 29 heavy (non-hydrogen) atoms. The Morgan fingerprint density at radius 3 is 2.59 bits per heavy atom. The molecule has 1 aliphatic rings. The summed E-state index contributed by atoms with van der Waals surface area (Å²) in [7, 11) is 0. The zero-order chi connectivity index (χ0) is 20.5. The van der Waals surface area contributed by atoms with Crippen LogP contribution in [0.5, 0.6) is 0 Å². The van der Waals surface area contributed by atoms with Gasteiger partial charge in [-0.3, -0.25) is 9.89 Å². The smallest absolute Gasteiger partial charge is 0.191 e. The molecular formula is C21H31FN6S. The van der Waals surface area contributed by atoms with E-state index in [2.05, 4.69) is 37.7 Å². The SMILES string of the molecule is CCNC(=NCCN1CCN(c2ccc(F)cc2)CC1)NCCc1csc(C)n1. The minimum absolute atomic E-state index is 0.183. The molecule has 2 aromatic rings. The second-order valence-electron chi connectivity index (χ2n) is 7.10. The molecule has 2 N–H and O–H groups in total. The third kappa shape index (κ3) is 6.97. The Balaban J connectivity index is 1.38. The first-order chi connectivity index (χ1) is 14.1. The predicted molar refractivity (Wildman–Crippen MR) is 120 cm³/mol. The number of guanidine groups is 1. The van der Waals surface area contributed by atoms with E-state index in [1.54, 1.807) is 11.3 Å². The lowest BCUT2D eigenvalue weighted by Crippen LogP contribution is -2.47. The maximum absolute atomic E-state index is 13.1. The van der Waals surface area contributed by atoms with Gasteiger partial charge in [0.25, 0.3) is 0 Å². The van der Waals surface area contributed by atoms with Gasteiger partial charge in [0.1, 0.15) is 5.82 Å². The zero-order valence-electron chi connectivity index (χ0n) is 17.3. The second-order valence-corrected chi connectivity index (χ2v) is 8.16. The van der Waals surface area contributed by atoms with Crippen molar-refractivity contribution in [3.05, 3.63) is 46.2 Å². The van der Waals surface area contributed by atoms with Crippen molar-refractivity contribution in [3.63, 3.8) is 0 Å². The van der Waals surface area contributed by atoms with Gasteiger partial charge in [0.05, 0.1) is 17.2 Å². The van der Waals surface area contributed by atoms with Crippen molar-refractivity contribution in [2.24, 2.45) is 4.99 Å². The van der Waals surface area contributed by atoms with Crippen molar-refractivity contribution < 1.29 is 4.39 Å². The molecule has 0 atom stereocenters. The molecule has 0 aliphatic carbocycles. The summed E-state index contributed by atoms with van der Waals surface area (Å²) in [5, 5.41) is 9.93. The van der Waals surface area contributed by atoms with Crippen molar-refractivity contribution in [1.29, 1.82) is 0 Å². The number of hydrogen-bond acceptors (Lipinski definition) is 5. The average Bonchev–Trinajstić information content (AvgIpc) is 3.14. The third-order valence-electron chi connectivity index (χ3n) is 4.93. The van der Waals surface area contributed by atoms with E-state index in [1.807, 2.05) is 19.1 Å². The molecule has 1 aliphatic heterocycles. The van der Waals surface area contributed by atoms with Gasteiger partial charge < -0.3 is 15.5 Å². The maximum atomic E-state index is 13.1. The monoisotopic (exact) mass is 418 g/mol. The Morgan fingerprint density at radius 1 is 1.17 bits per heavy atom. The molecule has 1 saturated heterocycles. The maximum Gasteiger partial charge on any atom is 0.191 e. The molecule has 6 nitrogen and oxygen atoms in total. The van der Waals surface area contributed by atoms with Gasteiger partial charge in [-0.2, -0.15) is 0 Å². The van der Waals surface area contributed by atoms with Crippen molar-refractivity contribution in [1.82, 2.24) is 20.5 Å². The predicted octanol–water partition coefficient (Wildman–Crippen LogP) is 2.51. The molecule has 0 saturated carbocycles. The lowest BCUT2D eigenvalue weighted by molar-refractivity contribution is 0.265. The molecule has 0 radical (unpaired) electrons. The van der Waals surface area contributed by atoms with Crippen molar-refractivity contribution in [3.8, 4) is 0 Å². The molecule has 3 rings (SSSR count). The van der Waals surface area contributed by atoms with E-state index in [0.717, 1.165) is 81.1 Å². The first-order valence-corrected chi connectivity index (χ1v) is 11.2. The Hall–Kier alpha value is -2.19. The van der Waals surface area contributed by atoms with Gasteiger partial charge in [-0.1, -0.05) is 0 Å². The van der Waals surface area contributed by atoms with Crippen LogP contribution in [-0.2, 0) is 6.42 Å². The Bertz CT molecular complexity index is 768. The first kappa shape index (κ1) is 21.5. The molecule has 2 heterocycles. The summed E-state index contributed by atoms with van der Waals surface area (Å²) in [5.41, 5.74) is 2.23. The quantitative estimate of drug-likeness (QED) is 0.510. The molecule has 1 fully saturated rings. The lowest BCUT2D eigenvalue weighted by Gasteiger charge is -2.35. The number of nitrogens with zero attached hydrogens (tertiary/aromatic N) is 4. The number of halogens is 1. The molecule has 1 aromatic carbocycles. The number of nitrogens with one attached hydrogen (secondary N) is 2. The van der Waals surface area contributed by atoms with Crippen LogP contribution in [0.1, 0.15) is 17.6 Å². The normalized spacial score (nSPS) is 15.6. The van der Waals surface area contributed by atoms with Crippen LogP contribution in [0.15, 0.2) is 34.6 Å². The van der Waals surface area contributed by atoms with Crippen LogP contribution in [0.4, 0.5) is 10.1 Å². The Morgan fingerprint density at radius 2 is 1.93 bits per heavy atom. The molecule has 158 valence electrons. The highest BCUT2D eigenvalue weighted by Gasteiger charge is 2.16. The van der Waals surface area contributed by atoms with Crippen LogP contribution in [-0.4, -0.2) is 68.2 Å². The summed E-state index contributed by atoms with van der Waals surface area (Å²) in [4.78, 5) is 14.0. The molecule has 1 aromatic heterocycles. The summed E-state index contributed by atoms with van der Waals surface area (Å²) in [5.74, 6) is 0.682. The van der Waals surface area contributed by atoms with Gasteiger partial charge in [0.15, 0.2) is 5.96 Å². The number of anilines is 1. The number of aryl methyl sites for hydroxylation is 1. The molecule has 0 unspecified atom stereocenters. The fraction of sp³-hybridized carbons (Fsp3) is 0.524. The van der Waals surface area contributed by atoms with E-state index >= 15 is 0 Å². The summed E-state index contributed by atoms with van der Waals surface area (Å²) < 4.78 is 13.1. The minimum Gasteiger partial charge on any atom is -0.369 e. The number of benzene rings is 1. The molecule has 0 spiro atoms. The van der Waals surface area contributed by atoms with E-state index in [4.69, 9.17) is 4.99 Å². The fourth-order valence-electron chi connectivity index (χ4n) is 3.36. The van der Waals surface area contributed by atoms with Crippen LogP contribution in [0.3, 0.4) is 0 Å². The molecule has 8 heteroatoms. The Kier molecular flexibility index (Phi) is 8.25. The number of thiazole rings is 1. The highest BCUT2D eigenvalue weighted by atomic mass is 32.1. The average molecular weight is 419 g/mol. The first-order valence-electron chi connectivity index (χ1n) is 10.3. The Labute approximate surface area is 176 Å². The van der Waals surface area contributed by atoms with Crippen LogP contribution in [0.25, 0.3) is 0 Å². The van der Waals surface area contributed by atoms with Crippen LogP contribution >= 0.6 is 11.3 Å². The van der Waals surface area contributed by atoms with E-state index in [9.17, 15) is 4.39 Å². The molecule has 0 bridgehead atoms. The van der Waals surface area contributed by atoms with Crippen molar-refractivity contribution >= 4 is 23.0 Å². The second kappa shape index (κ2) is 11.1. The zero-order valence-corrected chi connectivity index (χ0v) is 18.1. The number of aliphatic imine (C=N–C) groups is 1. The van der Waals surface area contributed by atoms with Crippen LogP contribution < -0.4 is 15.5 Å². The summed E-state index contributed by atoms with van der Waals surface area (Å²) in [6, 6.07) is 6.77. The standard InChI is InChI=1S/C21H31FN6S/c1-3-23-21(24-9-8-19-16-29-17(2)26-19)25-10-11-27-12-14-28(15-13-27)20-6-4-18(22)5-7-20/h4-7,16H,3,8-15H2,1-2H3,(H2,23,24,25). The van der Waals surface area contributed by atoms with Gasteiger partial charge in [-0.25, -0.2) is 9.37 Å². The fourth-order valence-corrected chi connectivity index (χ4v) is 4.01. The lowest BCUT2D eigenvalue weighted by atomic mass is 10.2. The van der Waals surface area contributed by atoms with Gasteiger partial charge in [-0.05, 0) is 38.1 Å². The van der Waals surface area contributed by atoms with E-state index < -0.39 is 0 Å². The number of hydrogen-bond donors (Lipinski definition) is 2. The largest absolute Gasteiger partial charge is 0.369 e. The number of piperazine rings is 1. The van der Waals surface area contributed by atoms with E-state index in [1.165, 1.54) is 12.1 Å². The summed E-state index contributed by atoms with van der Waals surface area (Å²) >= 11 is 1.69. The van der Waals surface area contributed by atoms with E-state index in [-0.39, 0.29) is 5.82 Å². The topological polar surface area (TPSA) is 55.8 Å². The highest BCUT2D eigenvalue weighted by molar-refractivity contribution is 7.09. The van der Waals surface area contributed by atoms with Crippen LogP contribution in [0.2, 0.25) is 0 Å². The van der Waals surface area contributed by atoms with E-state index in [0.29, 0.717) is 0 Å². The van der Waals surface area contributed by atoms with Gasteiger partial charge in [0.2, 0.25) is 0 Å². The molecule has 0 amide bonds. The van der Waals surface area contributed by atoms with Crippen molar-refractivity contribution in [2.45, 2.75) is 20.3 Å². The number of rotatable bonds is 8. The molecular weight excluding hydrogens is 387 g/mol. The van der Waals surface area contributed by atoms with Crippen molar-refractivity contribution in [2.75, 3.05) is 57.3 Å². The van der Waals surface area contributed by atoms with Gasteiger partial charge in [0, 0.05) is 63.3 Å². The third-order valence-corrected chi connectivity index (χ3v) is 5.76. The van der Waals surface area contributed by atoms with Crippen LogP contribution in [0, 0.1) is 12.7 Å². The highest BCUT2D eigenvalue weighted by Crippen LogP contribution is 2.16. The van der Waals surface area contributed by atoms with Gasteiger partial charge in [-0.15, -0.1) is 11.3 Å².